The minimum atomic E-state index is 0. The van der Waals surface area contributed by atoms with Crippen molar-refractivity contribution in [1.29, 1.82) is 0 Å². The Bertz CT molecular complexity index is 124. The number of aliphatic imine (C=N–C) groups is 1. The standard InChI is InChI=1S/C6H13N2S.HI/c1-8(2,3)5-4-7-6-9;/h4-5H2,1-3H3;1H/q+1;/p-1. The van der Waals surface area contributed by atoms with Gasteiger partial charge in [-0.05, 0) is 12.2 Å². The number of thiocarbonyl (C=S) groups is 1. The van der Waals surface area contributed by atoms with Crippen LogP contribution in [0.5, 0.6) is 0 Å². The van der Waals surface area contributed by atoms with Crippen LogP contribution in [0.15, 0.2) is 4.99 Å². The van der Waals surface area contributed by atoms with Gasteiger partial charge in [0.15, 0.2) is 0 Å². The summed E-state index contributed by atoms with van der Waals surface area (Å²) >= 11 is 4.42. The lowest BCUT2D eigenvalue weighted by Gasteiger charge is -2.22. The topological polar surface area (TPSA) is 12.4 Å². The van der Waals surface area contributed by atoms with E-state index in [4.69, 9.17) is 0 Å². The maximum Gasteiger partial charge on any atom is 0.0987 e. The van der Waals surface area contributed by atoms with Gasteiger partial charge >= 0.3 is 0 Å². The number of likely N-dealkylation sites (N-methyl/N-ethyl adjacent to an activating group) is 1. The van der Waals surface area contributed by atoms with E-state index >= 15 is 0 Å². The Kier molecular flexibility index (Phi) is 8.15. The number of nitrogens with zero attached hydrogens (tertiary/aromatic N) is 2. The van der Waals surface area contributed by atoms with Gasteiger partial charge in [-0.3, -0.25) is 0 Å². The molecule has 10 heavy (non-hydrogen) atoms. The van der Waals surface area contributed by atoms with Gasteiger partial charge < -0.3 is 28.5 Å². The largest absolute Gasteiger partial charge is 1.00 e. The Hall–Kier alpha value is 0.490. The van der Waals surface area contributed by atoms with Gasteiger partial charge in [0.05, 0.1) is 39.4 Å². The third kappa shape index (κ3) is 11.3. The van der Waals surface area contributed by atoms with Crippen LogP contribution in [0.1, 0.15) is 0 Å². The first-order valence-corrected chi connectivity index (χ1v) is 3.31. The summed E-state index contributed by atoms with van der Waals surface area (Å²) in [5, 5.41) is 2.34. The molecule has 0 saturated carbocycles. The average molecular weight is 272 g/mol. The SMILES string of the molecule is C[N+](C)(C)CCN=C=S.[I-]. The van der Waals surface area contributed by atoms with Crippen molar-refractivity contribution in [3.05, 3.63) is 0 Å². The van der Waals surface area contributed by atoms with Crippen LogP contribution in [0.2, 0.25) is 0 Å². The zero-order valence-corrected chi connectivity index (χ0v) is 9.57. The van der Waals surface area contributed by atoms with Crippen molar-refractivity contribution >= 4 is 17.4 Å². The van der Waals surface area contributed by atoms with Crippen LogP contribution in [-0.2, 0) is 0 Å². The summed E-state index contributed by atoms with van der Waals surface area (Å²) in [6.45, 7) is 1.80. The molecule has 0 rings (SSSR count). The molecule has 0 aliphatic rings. The minimum absolute atomic E-state index is 0. The number of quaternary nitrogens is 1. The third-order valence-corrected chi connectivity index (χ3v) is 1.08. The molecule has 2 nitrogen and oxygen atoms in total. The number of hydrogen-bond acceptors (Lipinski definition) is 2. The Morgan fingerprint density at radius 1 is 1.40 bits per heavy atom. The molecule has 0 fully saturated rings. The summed E-state index contributed by atoms with van der Waals surface area (Å²) in [7, 11) is 6.37. The maximum atomic E-state index is 4.42. The fraction of sp³-hybridized carbons (Fsp3) is 0.833. The highest BCUT2D eigenvalue weighted by Crippen LogP contribution is 1.87. The molecular weight excluding hydrogens is 259 g/mol. The van der Waals surface area contributed by atoms with E-state index in [-0.39, 0.29) is 24.0 Å². The van der Waals surface area contributed by atoms with E-state index in [0.717, 1.165) is 17.6 Å². The number of isothiocyanates is 1. The normalized spacial score (nSPS) is 9.50. The van der Waals surface area contributed by atoms with Gasteiger partial charge in [0.1, 0.15) is 0 Å². The van der Waals surface area contributed by atoms with Gasteiger partial charge in [-0.15, -0.1) is 0 Å². The smallest absolute Gasteiger partial charge is 0.0987 e. The molecular formula is C6H13IN2S. The van der Waals surface area contributed by atoms with Gasteiger partial charge in [0.25, 0.3) is 0 Å². The van der Waals surface area contributed by atoms with E-state index in [9.17, 15) is 0 Å². The molecule has 0 heterocycles. The third-order valence-electron chi connectivity index (χ3n) is 0.947. The first-order chi connectivity index (χ1) is 4.06. The number of hydrogen-bond donors (Lipinski definition) is 0. The highest BCUT2D eigenvalue weighted by molar-refractivity contribution is 7.78. The first kappa shape index (κ1) is 13.1. The molecule has 0 N–H and O–H groups in total. The van der Waals surface area contributed by atoms with Crippen LogP contribution in [0, 0.1) is 0 Å². The predicted octanol–water partition coefficient (Wildman–Crippen LogP) is -2.20. The second-order valence-corrected chi connectivity index (χ2v) is 3.17. The van der Waals surface area contributed by atoms with Gasteiger partial charge in [0, 0.05) is 0 Å². The predicted molar refractivity (Wildman–Crippen MR) is 42.8 cm³/mol. The molecule has 0 aromatic carbocycles. The van der Waals surface area contributed by atoms with Crippen molar-refractivity contribution in [2.75, 3.05) is 34.2 Å². The second-order valence-electron chi connectivity index (χ2n) is 2.99. The zero-order valence-electron chi connectivity index (χ0n) is 6.59. The van der Waals surface area contributed by atoms with E-state index in [1.54, 1.807) is 0 Å². The highest BCUT2D eigenvalue weighted by atomic mass is 127. The zero-order chi connectivity index (χ0) is 7.33. The van der Waals surface area contributed by atoms with Crippen molar-refractivity contribution in [3.8, 4) is 0 Å². The van der Waals surface area contributed by atoms with Gasteiger partial charge in [-0.25, -0.2) is 4.99 Å². The highest BCUT2D eigenvalue weighted by Gasteiger charge is 2.03. The molecule has 0 aromatic heterocycles. The lowest BCUT2D eigenvalue weighted by molar-refractivity contribution is -0.868. The summed E-state index contributed by atoms with van der Waals surface area (Å²) in [6.07, 6.45) is 0. The fourth-order valence-corrected chi connectivity index (χ4v) is 0.487. The van der Waals surface area contributed by atoms with Gasteiger partial charge in [0.2, 0.25) is 0 Å². The van der Waals surface area contributed by atoms with Crippen LogP contribution >= 0.6 is 12.2 Å². The molecule has 4 heteroatoms. The summed E-state index contributed by atoms with van der Waals surface area (Å²) in [6, 6.07) is 0. The number of rotatable bonds is 3. The number of halogens is 1. The van der Waals surface area contributed by atoms with E-state index in [2.05, 4.69) is 43.5 Å². The van der Waals surface area contributed by atoms with Crippen LogP contribution in [0.4, 0.5) is 0 Å². The van der Waals surface area contributed by atoms with Crippen molar-refractivity contribution in [2.24, 2.45) is 4.99 Å². The Morgan fingerprint density at radius 3 is 2.20 bits per heavy atom. The summed E-state index contributed by atoms with van der Waals surface area (Å²) in [5.41, 5.74) is 0. The lowest BCUT2D eigenvalue weighted by atomic mass is 10.5. The van der Waals surface area contributed by atoms with Crippen molar-refractivity contribution in [2.45, 2.75) is 0 Å². The lowest BCUT2D eigenvalue weighted by Crippen LogP contribution is -3.00. The Morgan fingerprint density at radius 2 is 1.90 bits per heavy atom. The van der Waals surface area contributed by atoms with E-state index in [0.29, 0.717) is 0 Å². The molecule has 0 aliphatic carbocycles. The van der Waals surface area contributed by atoms with Crippen LogP contribution in [-0.4, -0.2) is 43.9 Å². The van der Waals surface area contributed by atoms with Crippen molar-refractivity contribution in [3.63, 3.8) is 0 Å². The maximum absolute atomic E-state index is 4.42. The summed E-state index contributed by atoms with van der Waals surface area (Å²) < 4.78 is 0.931. The summed E-state index contributed by atoms with van der Waals surface area (Å²) in [4.78, 5) is 3.81. The summed E-state index contributed by atoms with van der Waals surface area (Å²) in [5.74, 6) is 0. The minimum Gasteiger partial charge on any atom is -1.00 e. The van der Waals surface area contributed by atoms with E-state index in [1.165, 1.54) is 0 Å². The monoisotopic (exact) mass is 272 g/mol. The van der Waals surface area contributed by atoms with Crippen LogP contribution < -0.4 is 24.0 Å². The average Bonchev–Trinajstić information content (AvgIpc) is 1.63. The molecule has 0 amide bonds. The molecule has 0 spiro atoms. The Balaban J connectivity index is 0. The fourth-order valence-electron chi connectivity index (χ4n) is 0.396. The molecule has 0 bridgehead atoms. The Labute approximate surface area is 84.9 Å². The van der Waals surface area contributed by atoms with E-state index in [1.807, 2.05) is 0 Å². The molecule has 0 atom stereocenters. The van der Waals surface area contributed by atoms with Gasteiger partial charge in [-0.2, -0.15) is 0 Å². The van der Waals surface area contributed by atoms with Crippen LogP contribution in [0.3, 0.4) is 0 Å². The molecule has 0 saturated heterocycles. The van der Waals surface area contributed by atoms with Gasteiger partial charge in [-0.1, -0.05) is 0 Å². The van der Waals surface area contributed by atoms with Crippen LogP contribution in [0.25, 0.3) is 0 Å². The molecule has 60 valence electrons. The molecule has 0 aliphatic heterocycles. The molecule has 0 aromatic rings. The van der Waals surface area contributed by atoms with Crippen molar-refractivity contribution in [1.82, 2.24) is 0 Å². The molecule has 0 unspecified atom stereocenters. The quantitative estimate of drug-likeness (QED) is 0.246. The first-order valence-electron chi connectivity index (χ1n) is 2.90. The second kappa shape index (κ2) is 6.22. The van der Waals surface area contributed by atoms with Crippen molar-refractivity contribution < 1.29 is 28.5 Å². The van der Waals surface area contributed by atoms with E-state index < -0.39 is 0 Å². The molecule has 0 radical (unpaired) electrons.